The summed E-state index contributed by atoms with van der Waals surface area (Å²) in [6.45, 7) is 1.93. The van der Waals surface area contributed by atoms with Gasteiger partial charge >= 0.3 is 0 Å². The van der Waals surface area contributed by atoms with E-state index >= 15 is 0 Å². The highest BCUT2D eigenvalue weighted by atomic mass is 127. The lowest BCUT2D eigenvalue weighted by Crippen LogP contribution is -2.28. The van der Waals surface area contributed by atoms with Gasteiger partial charge in [0.2, 0.25) is 0 Å². The van der Waals surface area contributed by atoms with Crippen LogP contribution in [0.3, 0.4) is 0 Å². The van der Waals surface area contributed by atoms with E-state index in [0.29, 0.717) is 6.04 Å². The predicted molar refractivity (Wildman–Crippen MR) is 65.7 cm³/mol. The van der Waals surface area contributed by atoms with Crippen LogP contribution in [0.15, 0.2) is 24.3 Å². The van der Waals surface area contributed by atoms with Gasteiger partial charge in [0, 0.05) is 9.61 Å². The van der Waals surface area contributed by atoms with Crippen molar-refractivity contribution in [1.29, 1.82) is 0 Å². The van der Waals surface area contributed by atoms with Gasteiger partial charge < -0.3 is 10.1 Å². The first-order valence-electron chi connectivity index (χ1n) is 4.96. The van der Waals surface area contributed by atoms with E-state index < -0.39 is 0 Å². The molecular weight excluding hydrogens is 289 g/mol. The summed E-state index contributed by atoms with van der Waals surface area (Å²) >= 11 is 2.30. The van der Waals surface area contributed by atoms with Gasteiger partial charge in [-0.15, -0.1) is 0 Å². The molecule has 0 unspecified atom stereocenters. The van der Waals surface area contributed by atoms with Crippen LogP contribution in [-0.4, -0.2) is 19.2 Å². The molecule has 1 saturated heterocycles. The van der Waals surface area contributed by atoms with E-state index in [-0.39, 0.29) is 0 Å². The molecule has 1 aromatic rings. The Morgan fingerprint density at radius 1 is 1.36 bits per heavy atom. The van der Waals surface area contributed by atoms with E-state index in [9.17, 15) is 0 Å². The molecule has 0 aliphatic carbocycles. The summed E-state index contributed by atoms with van der Waals surface area (Å²) in [6.07, 6.45) is 2.52. The Morgan fingerprint density at radius 3 is 2.79 bits per heavy atom. The number of benzene rings is 1. The van der Waals surface area contributed by atoms with Crippen molar-refractivity contribution in [3.05, 3.63) is 27.8 Å². The molecule has 0 amide bonds. The van der Waals surface area contributed by atoms with Gasteiger partial charge in [-0.3, -0.25) is 0 Å². The highest BCUT2D eigenvalue weighted by molar-refractivity contribution is 14.1. The zero-order valence-electron chi connectivity index (χ0n) is 8.00. The Balaban J connectivity index is 1.82. The molecule has 2 rings (SSSR count). The fraction of sp³-hybridized carbons (Fsp3) is 0.455. The van der Waals surface area contributed by atoms with E-state index in [4.69, 9.17) is 4.74 Å². The average Bonchev–Trinajstić information content (AvgIpc) is 2.70. The fourth-order valence-corrected chi connectivity index (χ4v) is 1.99. The zero-order valence-corrected chi connectivity index (χ0v) is 10.2. The second-order valence-corrected chi connectivity index (χ2v) is 4.80. The summed E-state index contributed by atoms with van der Waals surface area (Å²) in [5, 5.41) is 3.41. The Hall–Kier alpha value is -0.290. The molecular formula is C11H14INO. The quantitative estimate of drug-likeness (QED) is 0.866. The van der Waals surface area contributed by atoms with Crippen molar-refractivity contribution in [3.63, 3.8) is 0 Å². The number of ether oxygens (including phenoxy) is 1. The molecule has 1 fully saturated rings. The van der Waals surface area contributed by atoms with Crippen LogP contribution in [-0.2, 0) is 0 Å². The van der Waals surface area contributed by atoms with E-state index in [1.807, 2.05) is 12.1 Å². The molecule has 1 heterocycles. The number of hydrogen-bond acceptors (Lipinski definition) is 2. The van der Waals surface area contributed by atoms with Crippen LogP contribution in [0.1, 0.15) is 12.8 Å². The van der Waals surface area contributed by atoms with Gasteiger partial charge in [-0.2, -0.15) is 0 Å². The number of hydrogen-bond donors (Lipinski definition) is 1. The summed E-state index contributed by atoms with van der Waals surface area (Å²) < 4.78 is 6.92. The first kappa shape index (κ1) is 10.2. The number of rotatable bonds is 3. The minimum absolute atomic E-state index is 0.550. The molecule has 1 aliphatic rings. The van der Waals surface area contributed by atoms with E-state index in [2.05, 4.69) is 40.0 Å². The van der Waals surface area contributed by atoms with E-state index in [1.165, 1.54) is 16.4 Å². The molecule has 1 N–H and O–H groups in total. The summed E-state index contributed by atoms with van der Waals surface area (Å²) in [7, 11) is 0. The standard InChI is InChI=1S/C11H14INO/c12-9-3-5-11(6-4-9)14-8-10-2-1-7-13-10/h3-6,10,13H,1-2,7-8H2/t10-/m0/s1. The van der Waals surface area contributed by atoms with Gasteiger partial charge in [0.1, 0.15) is 12.4 Å². The first-order chi connectivity index (χ1) is 6.84. The minimum atomic E-state index is 0.550. The SMILES string of the molecule is Ic1ccc(OC[C@@H]2CCCN2)cc1. The zero-order chi connectivity index (χ0) is 9.80. The lowest BCUT2D eigenvalue weighted by molar-refractivity contribution is 0.277. The minimum Gasteiger partial charge on any atom is -0.492 e. The van der Waals surface area contributed by atoms with Crippen LogP contribution in [0.4, 0.5) is 0 Å². The first-order valence-corrected chi connectivity index (χ1v) is 6.04. The molecule has 76 valence electrons. The Morgan fingerprint density at radius 2 is 2.14 bits per heavy atom. The van der Waals surface area contributed by atoms with Crippen LogP contribution in [0, 0.1) is 3.57 Å². The second-order valence-electron chi connectivity index (χ2n) is 3.56. The Bertz CT molecular complexity index is 280. The lowest BCUT2D eigenvalue weighted by Gasteiger charge is -2.11. The molecule has 1 atom stereocenters. The monoisotopic (exact) mass is 303 g/mol. The molecule has 0 bridgehead atoms. The summed E-state index contributed by atoms with van der Waals surface area (Å²) in [4.78, 5) is 0. The van der Waals surface area contributed by atoms with Gasteiger partial charge in [-0.05, 0) is 66.2 Å². The lowest BCUT2D eigenvalue weighted by atomic mass is 10.2. The third-order valence-corrected chi connectivity index (χ3v) is 3.15. The Kier molecular flexibility index (Phi) is 3.64. The number of nitrogens with one attached hydrogen (secondary N) is 1. The highest BCUT2D eigenvalue weighted by Crippen LogP contribution is 2.14. The number of halogens is 1. The largest absolute Gasteiger partial charge is 0.492 e. The van der Waals surface area contributed by atoms with Crippen molar-refractivity contribution in [3.8, 4) is 5.75 Å². The summed E-state index contributed by atoms with van der Waals surface area (Å²) in [5.74, 6) is 0.971. The second kappa shape index (κ2) is 4.98. The third kappa shape index (κ3) is 2.85. The molecule has 1 aliphatic heterocycles. The smallest absolute Gasteiger partial charge is 0.119 e. The van der Waals surface area contributed by atoms with Gasteiger partial charge in [0.25, 0.3) is 0 Å². The van der Waals surface area contributed by atoms with E-state index in [1.54, 1.807) is 0 Å². The van der Waals surface area contributed by atoms with Crippen LogP contribution in [0.5, 0.6) is 5.75 Å². The van der Waals surface area contributed by atoms with Crippen LogP contribution in [0.25, 0.3) is 0 Å². The maximum Gasteiger partial charge on any atom is 0.119 e. The molecule has 0 saturated carbocycles. The maximum absolute atomic E-state index is 5.68. The molecule has 14 heavy (non-hydrogen) atoms. The van der Waals surface area contributed by atoms with Crippen molar-refractivity contribution in [2.75, 3.05) is 13.2 Å². The summed E-state index contributed by atoms with van der Waals surface area (Å²) in [6, 6.07) is 8.73. The van der Waals surface area contributed by atoms with Gasteiger partial charge in [0.05, 0.1) is 0 Å². The predicted octanol–water partition coefficient (Wildman–Crippen LogP) is 2.42. The molecule has 1 aromatic carbocycles. The van der Waals surface area contributed by atoms with Crippen molar-refractivity contribution in [2.24, 2.45) is 0 Å². The van der Waals surface area contributed by atoms with Crippen molar-refractivity contribution >= 4 is 22.6 Å². The van der Waals surface area contributed by atoms with Crippen molar-refractivity contribution in [1.82, 2.24) is 5.32 Å². The maximum atomic E-state index is 5.68. The van der Waals surface area contributed by atoms with Gasteiger partial charge in [-0.25, -0.2) is 0 Å². The molecule has 0 aromatic heterocycles. The third-order valence-electron chi connectivity index (χ3n) is 2.43. The molecule has 2 nitrogen and oxygen atoms in total. The molecule has 3 heteroatoms. The topological polar surface area (TPSA) is 21.3 Å². The summed E-state index contributed by atoms with van der Waals surface area (Å²) in [5.41, 5.74) is 0. The van der Waals surface area contributed by atoms with Crippen LogP contribution in [0.2, 0.25) is 0 Å². The van der Waals surface area contributed by atoms with Gasteiger partial charge in [-0.1, -0.05) is 0 Å². The van der Waals surface area contributed by atoms with Crippen LogP contribution >= 0.6 is 22.6 Å². The fourth-order valence-electron chi connectivity index (χ4n) is 1.63. The Labute approximate surface area is 98.2 Å². The highest BCUT2D eigenvalue weighted by Gasteiger charge is 2.13. The molecule has 0 radical (unpaired) electrons. The van der Waals surface area contributed by atoms with Crippen LogP contribution < -0.4 is 10.1 Å². The van der Waals surface area contributed by atoms with Crippen molar-refractivity contribution < 1.29 is 4.74 Å². The average molecular weight is 303 g/mol. The van der Waals surface area contributed by atoms with E-state index in [0.717, 1.165) is 18.9 Å². The van der Waals surface area contributed by atoms with Crippen molar-refractivity contribution in [2.45, 2.75) is 18.9 Å². The molecule has 0 spiro atoms. The van der Waals surface area contributed by atoms with Gasteiger partial charge in [0.15, 0.2) is 0 Å². The normalized spacial score (nSPS) is 21.1.